The minimum atomic E-state index is -4.39. The van der Waals surface area contributed by atoms with Gasteiger partial charge in [0.05, 0.1) is 31.8 Å². The molecule has 31 heavy (non-hydrogen) atoms. The van der Waals surface area contributed by atoms with Crippen LogP contribution in [0.3, 0.4) is 0 Å². The summed E-state index contributed by atoms with van der Waals surface area (Å²) in [4.78, 5) is 33.4. The first kappa shape index (κ1) is 29.2. The topological polar surface area (TPSA) is 214 Å². The van der Waals surface area contributed by atoms with Crippen molar-refractivity contribution >= 4 is 15.6 Å². The molecule has 0 aliphatic rings. The molecule has 0 saturated heterocycles. The zero-order valence-corrected chi connectivity index (χ0v) is 18.0. The summed E-state index contributed by atoms with van der Waals surface area (Å²) in [5.41, 5.74) is -1.11. The molecule has 176 valence electrons. The average Bonchev–Trinajstić information content (AvgIpc) is 2.70. The number of hydrogen-bond acceptors (Lipinski definition) is 8. The normalized spacial score (nSPS) is 11.4. The third-order valence-electron chi connectivity index (χ3n) is 3.28. The number of phosphoric ester groups is 2. The molecule has 12 nitrogen and oxygen atoms in total. The molecule has 0 bridgehead atoms. The summed E-state index contributed by atoms with van der Waals surface area (Å²) in [6.07, 6.45) is 0. The van der Waals surface area contributed by atoms with Gasteiger partial charge in [-0.3, -0.25) is 19.6 Å². The molecule has 0 aliphatic heterocycles. The smallest absolute Gasteiger partial charge is 0.404 e. The number of hydrogen-bond donors (Lipinski definition) is 8. The maximum Gasteiger partial charge on any atom is 0.524 e. The zero-order chi connectivity index (χ0) is 24.0. The van der Waals surface area contributed by atoms with E-state index in [2.05, 4.69) is 9.05 Å². The molecule has 0 atom stereocenters. The quantitative estimate of drug-likeness (QED) is 0.237. The molecule has 0 heterocycles. The highest BCUT2D eigenvalue weighted by molar-refractivity contribution is 7.47. The second-order valence-corrected chi connectivity index (χ2v) is 8.25. The van der Waals surface area contributed by atoms with Gasteiger partial charge in [-0.25, -0.2) is 9.13 Å². The number of aliphatic hydroxyl groups excluding tert-OH is 4. The van der Waals surface area contributed by atoms with Crippen LogP contribution in [0, 0.1) is 5.41 Å². The molecular formula is C17H26O12P2. The standard InChI is InChI=1S/2C6H7O4P.C5H12O4/c2*7-11(8,9)10-6-4-2-1-3-5-6;6-1-5(2-7,3-8)4-9/h2*1-5H,(H2,7,8,9);6-9H,1-4H2. The number of aliphatic hydroxyl groups is 4. The van der Waals surface area contributed by atoms with Crippen LogP contribution in [0.25, 0.3) is 0 Å². The Kier molecular flexibility index (Phi) is 13.4. The first-order chi connectivity index (χ1) is 14.4. The Balaban J connectivity index is 0.000000439. The lowest BCUT2D eigenvalue weighted by Gasteiger charge is -2.23. The monoisotopic (exact) mass is 484 g/mol. The molecule has 2 aromatic carbocycles. The lowest BCUT2D eigenvalue weighted by molar-refractivity contribution is -0.0328. The molecule has 0 unspecified atom stereocenters. The van der Waals surface area contributed by atoms with Crippen LogP contribution in [0.15, 0.2) is 60.7 Å². The average molecular weight is 484 g/mol. The van der Waals surface area contributed by atoms with E-state index in [1.807, 2.05) is 0 Å². The Morgan fingerprint density at radius 1 is 0.581 bits per heavy atom. The minimum absolute atomic E-state index is 0.167. The predicted octanol–water partition coefficient (Wildman–Crippen LogP) is 0.258. The number of rotatable bonds is 8. The van der Waals surface area contributed by atoms with Crippen LogP contribution >= 0.6 is 15.6 Å². The van der Waals surface area contributed by atoms with Crippen LogP contribution in [-0.2, 0) is 9.13 Å². The molecule has 2 aromatic rings. The van der Waals surface area contributed by atoms with Crippen LogP contribution in [0.2, 0.25) is 0 Å². The second kappa shape index (κ2) is 14.3. The van der Waals surface area contributed by atoms with Gasteiger partial charge in [0.25, 0.3) is 0 Å². The largest absolute Gasteiger partial charge is 0.524 e. The SMILES string of the molecule is O=P(O)(O)Oc1ccccc1.O=P(O)(O)Oc1ccccc1.OCC(CO)(CO)CO. The van der Waals surface area contributed by atoms with Crippen molar-refractivity contribution in [1.82, 2.24) is 0 Å². The molecular weight excluding hydrogens is 458 g/mol. The molecule has 8 N–H and O–H groups in total. The van der Waals surface area contributed by atoms with Crippen molar-refractivity contribution in [3.05, 3.63) is 60.7 Å². The highest BCUT2D eigenvalue weighted by Gasteiger charge is 2.26. The van der Waals surface area contributed by atoms with E-state index in [1.165, 1.54) is 24.3 Å². The molecule has 0 amide bonds. The van der Waals surface area contributed by atoms with Crippen LogP contribution < -0.4 is 9.05 Å². The van der Waals surface area contributed by atoms with Gasteiger partial charge in [-0.05, 0) is 24.3 Å². The van der Waals surface area contributed by atoms with E-state index in [4.69, 9.17) is 40.0 Å². The van der Waals surface area contributed by atoms with Crippen molar-refractivity contribution in [2.45, 2.75) is 0 Å². The highest BCUT2D eigenvalue weighted by atomic mass is 31.2. The summed E-state index contributed by atoms with van der Waals surface area (Å²) < 4.78 is 29.1. The van der Waals surface area contributed by atoms with Crippen LogP contribution in [0.4, 0.5) is 0 Å². The van der Waals surface area contributed by atoms with E-state index < -0.39 is 47.5 Å². The Morgan fingerprint density at radius 2 is 0.839 bits per heavy atom. The molecule has 14 heteroatoms. The van der Waals surface area contributed by atoms with Crippen molar-refractivity contribution in [3.63, 3.8) is 0 Å². The summed E-state index contributed by atoms with van der Waals surface area (Å²) in [5.74, 6) is 0.335. The molecule has 0 radical (unpaired) electrons. The summed E-state index contributed by atoms with van der Waals surface area (Å²) in [6, 6.07) is 15.9. The summed E-state index contributed by atoms with van der Waals surface area (Å²) in [6.45, 7) is -1.62. The van der Waals surface area contributed by atoms with Crippen molar-refractivity contribution < 1.29 is 58.2 Å². The number of benzene rings is 2. The molecule has 0 aromatic heterocycles. The van der Waals surface area contributed by atoms with E-state index in [0.29, 0.717) is 0 Å². The van der Waals surface area contributed by atoms with Crippen molar-refractivity contribution in [3.8, 4) is 11.5 Å². The number of phosphoric acid groups is 2. The summed E-state index contributed by atoms with van der Waals surface area (Å²) in [5, 5.41) is 34.0. The fraction of sp³-hybridized carbons (Fsp3) is 0.294. The fourth-order valence-corrected chi connectivity index (χ4v) is 2.33. The van der Waals surface area contributed by atoms with Gasteiger partial charge >= 0.3 is 15.6 Å². The molecule has 2 rings (SSSR count). The first-order valence-corrected chi connectivity index (χ1v) is 11.5. The fourth-order valence-electron chi connectivity index (χ4n) is 1.54. The predicted molar refractivity (Wildman–Crippen MR) is 109 cm³/mol. The van der Waals surface area contributed by atoms with E-state index >= 15 is 0 Å². The van der Waals surface area contributed by atoms with E-state index in [0.717, 1.165) is 0 Å². The van der Waals surface area contributed by atoms with E-state index in [-0.39, 0.29) is 11.5 Å². The third kappa shape index (κ3) is 14.8. The van der Waals surface area contributed by atoms with Crippen LogP contribution in [-0.4, -0.2) is 66.4 Å². The second-order valence-electron chi connectivity index (χ2n) is 5.92. The van der Waals surface area contributed by atoms with Gasteiger partial charge in [-0.1, -0.05) is 36.4 Å². The van der Waals surface area contributed by atoms with Gasteiger partial charge in [0.1, 0.15) is 11.5 Å². The van der Waals surface area contributed by atoms with Crippen molar-refractivity contribution in [1.29, 1.82) is 0 Å². The van der Waals surface area contributed by atoms with Gasteiger partial charge in [-0.2, -0.15) is 0 Å². The van der Waals surface area contributed by atoms with Gasteiger partial charge < -0.3 is 29.5 Å². The molecule has 0 saturated carbocycles. The maximum absolute atomic E-state index is 10.3. The third-order valence-corrected chi connectivity index (χ3v) is 4.17. The first-order valence-electron chi connectivity index (χ1n) is 8.44. The lowest BCUT2D eigenvalue weighted by Crippen LogP contribution is -2.37. The highest BCUT2D eigenvalue weighted by Crippen LogP contribution is 2.37. The van der Waals surface area contributed by atoms with Gasteiger partial charge in [0.15, 0.2) is 0 Å². The Hall–Kier alpha value is -1.82. The summed E-state index contributed by atoms with van der Waals surface area (Å²) >= 11 is 0. The Labute approximate surface area is 178 Å². The molecule has 0 aliphatic carbocycles. The molecule has 0 spiro atoms. The number of para-hydroxylation sites is 2. The zero-order valence-electron chi connectivity index (χ0n) is 16.2. The molecule has 0 fully saturated rings. The van der Waals surface area contributed by atoms with Gasteiger partial charge in [0, 0.05) is 0 Å². The Bertz CT molecular complexity index is 725. The van der Waals surface area contributed by atoms with Crippen LogP contribution in [0.5, 0.6) is 11.5 Å². The maximum atomic E-state index is 10.3. The summed E-state index contributed by atoms with van der Waals surface area (Å²) in [7, 11) is -8.78. The van der Waals surface area contributed by atoms with Crippen molar-refractivity contribution in [2.75, 3.05) is 26.4 Å². The minimum Gasteiger partial charge on any atom is -0.404 e. The van der Waals surface area contributed by atoms with Gasteiger partial charge in [0.2, 0.25) is 0 Å². The van der Waals surface area contributed by atoms with E-state index in [9.17, 15) is 9.13 Å². The van der Waals surface area contributed by atoms with Gasteiger partial charge in [-0.15, -0.1) is 0 Å². The van der Waals surface area contributed by atoms with Crippen molar-refractivity contribution in [2.24, 2.45) is 5.41 Å². The van der Waals surface area contributed by atoms with Crippen LogP contribution in [0.1, 0.15) is 0 Å². The van der Waals surface area contributed by atoms with E-state index in [1.54, 1.807) is 36.4 Å². The lowest BCUT2D eigenvalue weighted by atomic mass is 9.93. The Morgan fingerprint density at radius 3 is 1.00 bits per heavy atom.